The Labute approximate surface area is 135 Å². The molecule has 1 aromatic heterocycles. The maximum absolute atomic E-state index is 13.6. The second kappa shape index (κ2) is 6.84. The molecule has 0 fully saturated rings. The van der Waals surface area contributed by atoms with E-state index in [0.717, 1.165) is 31.3 Å². The number of hydrogen-bond acceptors (Lipinski definition) is 3. The summed E-state index contributed by atoms with van der Waals surface area (Å²) in [5, 5.41) is 3.38. The van der Waals surface area contributed by atoms with E-state index in [-0.39, 0.29) is 17.8 Å². The van der Waals surface area contributed by atoms with E-state index in [9.17, 15) is 9.18 Å². The third-order valence-corrected chi connectivity index (χ3v) is 4.23. The molecule has 23 heavy (non-hydrogen) atoms. The van der Waals surface area contributed by atoms with E-state index in [1.54, 1.807) is 0 Å². The van der Waals surface area contributed by atoms with Gasteiger partial charge in [-0.25, -0.2) is 4.39 Å². The first-order valence-electron chi connectivity index (χ1n) is 7.76. The molecule has 0 saturated heterocycles. The highest BCUT2D eigenvalue weighted by Gasteiger charge is 2.13. The molecule has 118 valence electrons. The number of Topliss-reactive ketones (excluding diaryl/α,β-unsaturated/α-hetero) is 1. The molecule has 0 unspecified atom stereocenters. The van der Waals surface area contributed by atoms with Crippen LogP contribution in [0.15, 0.2) is 48.3 Å². The average molecular weight is 310 g/mol. The van der Waals surface area contributed by atoms with Gasteiger partial charge in [0.25, 0.3) is 0 Å². The number of aromatic nitrogens is 1. The predicted octanol–water partition coefficient (Wildman–Crippen LogP) is 3.41. The van der Waals surface area contributed by atoms with Crippen LogP contribution in [0.25, 0.3) is 5.57 Å². The lowest BCUT2D eigenvalue weighted by atomic mass is 9.94. The molecule has 0 saturated carbocycles. The van der Waals surface area contributed by atoms with E-state index < -0.39 is 5.82 Å². The van der Waals surface area contributed by atoms with Crippen molar-refractivity contribution in [1.82, 2.24) is 10.3 Å². The lowest BCUT2D eigenvalue weighted by Gasteiger charge is -2.19. The van der Waals surface area contributed by atoms with Crippen molar-refractivity contribution < 1.29 is 9.18 Å². The number of rotatable bonds is 4. The quantitative estimate of drug-likeness (QED) is 0.880. The smallest absolute Gasteiger partial charge is 0.170 e. The van der Waals surface area contributed by atoms with Crippen molar-refractivity contribution in [2.75, 3.05) is 13.1 Å². The van der Waals surface area contributed by atoms with E-state index in [1.807, 2.05) is 24.3 Å². The van der Waals surface area contributed by atoms with Crippen LogP contribution in [0.5, 0.6) is 0 Å². The Kier molecular flexibility index (Phi) is 4.63. The standard InChI is InChI=1S/C19H19FN2O/c1-13-6-8-21-11-17(13)15-4-2-14(3-5-15)10-19(23)16-7-9-22-12-18(16)20/h2-5,7,9,12,21H,6,8,10-11H2,1H3. The van der Waals surface area contributed by atoms with Crippen molar-refractivity contribution in [3.8, 4) is 0 Å². The molecular weight excluding hydrogens is 291 g/mol. The van der Waals surface area contributed by atoms with E-state index in [4.69, 9.17) is 0 Å². The summed E-state index contributed by atoms with van der Waals surface area (Å²) in [5.74, 6) is -0.796. The van der Waals surface area contributed by atoms with Gasteiger partial charge in [-0.05, 0) is 42.7 Å². The van der Waals surface area contributed by atoms with Crippen molar-refractivity contribution in [2.24, 2.45) is 0 Å². The number of benzene rings is 1. The summed E-state index contributed by atoms with van der Waals surface area (Å²) in [6.07, 6.45) is 3.76. The molecule has 0 bridgehead atoms. The monoisotopic (exact) mass is 310 g/mol. The second-order valence-corrected chi connectivity index (χ2v) is 5.84. The molecule has 4 heteroatoms. The summed E-state index contributed by atoms with van der Waals surface area (Å²) in [6.45, 7) is 4.07. The molecule has 0 amide bonds. The summed E-state index contributed by atoms with van der Waals surface area (Å²) in [4.78, 5) is 15.9. The number of nitrogens with one attached hydrogen (secondary N) is 1. The van der Waals surface area contributed by atoms with Crippen LogP contribution < -0.4 is 5.32 Å². The zero-order chi connectivity index (χ0) is 16.2. The van der Waals surface area contributed by atoms with Crippen LogP contribution in [0.3, 0.4) is 0 Å². The summed E-state index contributed by atoms with van der Waals surface area (Å²) in [5.41, 5.74) is 4.90. The van der Waals surface area contributed by atoms with E-state index in [1.165, 1.54) is 29.0 Å². The van der Waals surface area contributed by atoms with Gasteiger partial charge in [-0.1, -0.05) is 29.8 Å². The van der Waals surface area contributed by atoms with Crippen LogP contribution in [0, 0.1) is 5.82 Å². The number of halogens is 1. The van der Waals surface area contributed by atoms with Crippen LogP contribution in [-0.4, -0.2) is 23.9 Å². The third kappa shape index (κ3) is 3.54. The molecular formula is C19H19FN2O. The molecule has 2 heterocycles. The first-order chi connectivity index (χ1) is 11.1. The van der Waals surface area contributed by atoms with Crippen LogP contribution in [0.2, 0.25) is 0 Å². The highest BCUT2D eigenvalue weighted by molar-refractivity contribution is 5.97. The number of nitrogens with zero attached hydrogens (tertiary/aromatic N) is 1. The molecule has 0 spiro atoms. The minimum absolute atomic E-state index is 0.0964. The van der Waals surface area contributed by atoms with Gasteiger partial charge in [0.1, 0.15) is 0 Å². The van der Waals surface area contributed by atoms with Gasteiger partial charge in [-0.15, -0.1) is 0 Å². The van der Waals surface area contributed by atoms with E-state index in [0.29, 0.717) is 0 Å². The van der Waals surface area contributed by atoms with Gasteiger partial charge in [0.05, 0.1) is 11.8 Å². The summed E-state index contributed by atoms with van der Waals surface area (Å²) in [7, 11) is 0. The third-order valence-electron chi connectivity index (χ3n) is 4.23. The molecule has 0 aliphatic carbocycles. The van der Waals surface area contributed by atoms with Gasteiger partial charge >= 0.3 is 0 Å². The molecule has 2 aromatic rings. The fraction of sp³-hybridized carbons (Fsp3) is 0.263. The molecule has 0 radical (unpaired) electrons. The normalized spacial score (nSPS) is 14.9. The molecule has 1 N–H and O–H groups in total. The predicted molar refractivity (Wildman–Crippen MR) is 88.8 cm³/mol. The van der Waals surface area contributed by atoms with Crippen LogP contribution in [-0.2, 0) is 6.42 Å². The Morgan fingerprint density at radius 1 is 1.26 bits per heavy atom. The number of carbonyl (C=O) groups excluding carboxylic acids is 1. The number of ketones is 1. The molecule has 1 aliphatic heterocycles. The van der Waals surface area contributed by atoms with Crippen LogP contribution in [0.4, 0.5) is 4.39 Å². The van der Waals surface area contributed by atoms with Gasteiger partial charge < -0.3 is 5.32 Å². The fourth-order valence-electron chi connectivity index (χ4n) is 2.85. The van der Waals surface area contributed by atoms with Crippen LogP contribution in [0.1, 0.15) is 34.8 Å². The zero-order valence-electron chi connectivity index (χ0n) is 13.1. The van der Waals surface area contributed by atoms with Crippen molar-refractivity contribution in [1.29, 1.82) is 0 Å². The van der Waals surface area contributed by atoms with Gasteiger partial charge in [0, 0.05) is 19.2 Å². The number of carbonyl (C=O) groups is 1. The van der Waals surface area contributed by atoms with Gasteiger partial charge in [0.2, 0.25) is 0 Å². The van der Waals surface area contributed by atoms with Gasteiger partial charge in [-0.2, -0.15) is 0 Å². The van der Waals surface area contributed by atoms with Crippen molar-refractivity contribution in [3.05, 3.63) is 70.8 Å². The summed E-state index contributed by atoms with van der Waals surface area (Å²) in [6, 6.07) is 9.39. The lowest BCUT2D eigenvalue weighted by molar-refractivity contribution is 0.0989. The molecule has 3 nitrogen and oxygen atoms in total. The minimum atomic E-state index is -0.566. The maximum Gasteiger partial charge on any atom is 0.170 e. The summed E-state index contributed by atoms with van der Waals surface area (Å²) >= 11 is 0. The van der Waals surface area contributed by atoms with Gasteiger partial charge in [-0.3, -0.25) is 9.78 Å². The molecule has 1 aromatic carbocycles. The highest BCUT2D eigenvalue weighted by atomic mass is 19.1. The molecule has 0 atom stereocenters. The minimum Gasteiger partial charge on any atom is -0.312 e. The maximum atomic E-state index is 13.6. The SMILES string of the molecule is CC1=C(c2ccc(CC(=O)c3ccncc3F)cc2)CNCC1. The van der Waals surface area contributed by atoms with Crippen molar-refractivity contribution in [2.45, 2.75) is 19.8 Å². The number of hydrogen-bond donors (Lipinski definition) is 1. The topological polar surface area (TPSA) is 42.0 Å². The van der Waals surface area contributed by atoms with Crippen LogP contribution >= 0.6 is 0 Å². The Morgan fingerprint density at radius 2 is 2.04 bits per heavy atom. The van der Waals surface area contributed by atoms with Gasteiger partial charge in [0.15, 0.2) is 11.6 Å². The molecule has 1 aliphatic rings. The van der Waals surface area contributed by atoms with E-state index in [2.05, 4.69) is 17.2 Å². The number of pyridine rings is 1. The first kappa shape index (κ1) is 15.6. The lowest BCUT2D eigenvalue weighted by Crippen LogP contribution is -2.23. The highest BCUT2D eigenvalue weighted by Crippen LogP contribution is 2.23. The first-order valence-corrected chi connectivity index (χ1v) is 7.76. The Morgan fingerprint density at radius 3 is 2.74 bits per heavy atom. The largest absolute Gasteiger partial charge is 0.312 e. The second-order valence-electron chi connectivity index (χ2n) is 5.84. The average Bonchev–Trinajstić information content (AvgIpc) is 2.56. The fourth-order valence-corrected chi connectivity index (χ4v) is 2.85. The van der Waals surface area contributed by atoms with Crippen molar-refractivity contribution >= 4 is 11.4 Å². The Hall–Kier alpha value is -2.33. The Balaban J connectivity index is 1.75. The summed E-state index contributed by atoms with van der Waals surface area (Å²) < 4.78 is 13.6. The van der Waals surface area contributed by atoms with Crippen molar-refractivity contribution in [3.63, 3.8) is 0 Å². The molecule has 3 rings (SSSR count). The zero-order valence-corrected chi connectivity index (χ0v) is 13.1. The Bertz CT molecular complexity index is 750. The van der Waals surface area contributed by atoms with E-state index >= 15 is 0 Å².